The predicted octanol–water partition coefficient (Wildman–Crippen LogP) is 8.40. The normalized spacial score (nSPS) is 11.9. The van der Waals surface area contributed by atoms with Crippen LogP contribution in [0, 0.1) is 42.3 Å². The van der Waals surface area contributed by atoms with Crippen LogP contribution < -0.4 is 10.2 Å². The number of benzene rings is 3. The number of carbonyl (C=O) groups excluding carboxylic acids is 3. The van der Waals surface area contributed by atoms with Gasteiger partial charge in [-0.05, 0) is 106 Å². The highest BCUT2D eigenvalue weighted by Crippen LogP contribution is 2.41. The Morgan fingerprint density at radius 1 is 0.897 bits per heavy atom. The van der Waals surface area contributed by atoms with Crippen molar-refractivity contribution in [2.75, 3.05) is 18.0 Å². The molecular weight excluding hydrogens is 751 g/mol. The summed E-state index contributed by atoms with van der Waals surface area (Å²) in [4.78, 5) is 47.1. The number of Topliss-reactive ketones (excluding diaryl/α,β-unsaturated/α-hetero) is 1. The maximum atomic E-state index is 14.5. The quantitative estimate of drug-likeness (QED) is 0.0837. The summed E-state index contributed by atoms with van der Waals surface area (Å²) in [6.07, 6.45) is 1.10. The summed E-state index contributed by atoms with van der Waals surface area (Å²) in [5.41, 5.74) is 0.0301. The third-order valence-corrected chi connectivity index (χ3v) is 9.61. The molecule has 0 radical (unpaired) electrons. The summed E-state index contributed by atoms with van der Waals surface area (Å²) in [6, 6.07) is 17.4. The van der Waals surface area contributed by atoms with E-state index in [1.807, 2.05) is 26.8 Å². The van der Waals surface area contributed by atoms with E-state index in [4.69, 9.17) is 0 Å². The number of halogens is 4. The molecule has 3 heterocycles. The molecular formula is C44H37F4N7O3. The Balaban J connectivity index is 1.41. The lowest BCUT2D eigenvalue weighted by molar-refractivity contribution is -0.137. The molecule has 0 bridgehead atoms. The number of pyridine rings is 1. The predicted molar refractivity (Wildman–Crippen MR) is 211 cm³/mol. The molecule has 0 aliphatic carbocycles. The van der Waals surface area contributed by atoms with E-state index in [1.165, 1.54) is 70.8 Å². The van der Waals surface area contributed by atoms with E-state index in [9.17, 15) is 42.5 Å². The Bertz CT molecular complexity index is 2770. The number of aromatic nitrogens is 3. The van der Waals surface area contributed by atoms with Crippen LogP contribution in [-0.2, 0) is 18.0 Å². The maximum Gasteiger partial charge on any atom is 0.417 e. The topological polar surface area (TPSA) is 136 Å². The van der Waals surface area contributed by atoms with E-state index < -0.39 is 41.6 Å². The highest BCUT2D eigenvalue weighted by atomic mass is 19.4. The van der Waals surface area contributed by atoms with Crippen molar-refractivity contribution in [2.24, 2.45) is 7.05 Å². The van der Waals surface area contributed by atoms with E-state index in [0.717, 1.165) is 17.0 Å². The van der Waals surface area contributed by atoms with E-state index in [2.05, 4.69) is 10.3 Å². The smallest absolute Gasteiger partial charge is 0.334 e. The van der Waals surface area contributed by atoms with Crippen molar-refractivity contribution in [2.45, 2.75) is 46.3 Å². The van der Waals surface area contributed by atoms with Crippen molar-refractivity contribution in [1.82, 2.24) is 19.3 Å². The van der Waals surface area contributed by atoms with E-state index in [1.54, 1.807) is 38.4 Å². The van der Waals surface area contributed by atoms with E-state index in [0.29, 0.717) is 23.1 Å². The number of anilines is 1. The van der Waals surface area contributed by atoms with Gasteiger partial charge in [-0.15, -0.1) is 0 Å². The molecule has 0 saturated carbocycles. The lowest BCUT2D eigenvalue weighted by Crippen LogP contribution is -2.37. The van der Waals surface area contributed by atoms with Crippen LogP contribution in [0.25, 0.3) is 27.7 Å². The second kappa shape index (κ2) is 15.6. The highest BCUT2D eigenvalue weighted by Gasteiger charge is 2.35. The standard InChI is InChI=1S/C44H37F4N7O3/c1-25-15-27(17-29(21-49)40(25)45)38(56)23-55(39(57)10-7-13-52-43(3,4)5)41-26(2)16-28(18-30(41)22-50)42(58)36-12-11-35-31(9-8-14-54(35)36)32-19-34-37(53(6)24-51-34)20-33(32)44(46,47)48/h7-12,14-20,24,52H,13,23H2,1-6H3/b10-7+. The van der Waals surface area contributed by atoms with Gasteiger partial charge >= 0.3 is 6.18 Å². The molecule has 3 aromatic heterocycles. The van der Waals surface area contributed by atoms with Crippen LogP contribution in [0.4, 0.5) is 23.2 Å². The number of fused-ring (bicyclic) bond motifs is 2. The van der Waals surface area contributed by atoms with Crippen molar-refractivity contribution in [3.05, 3.63) is 136 Å². The van der Waals surface area contributed by atoms with Gasteiger partial charge in [0.25, 0.3) is 5.91 Å². The zero-order valence-electron chi connectivity index (χ0n) is 32.4. The fourth-order valence-electron chi connectivity index (χ4n) is 6.81. The SMILES string of the molecule is Cc1cc(C(=O)CN(C(=O)/C=C/CNC(C)(C)C)c2c(C)cc(C(=O)c3ccc4c(-c5cc6ncn(C)c6cc5C(F)(F)F)cccn34)cc2C#N)cc(C#N)c1F. The number of nitrogens with zero attached hydrogens (tertiary/aromatic N) is 6. The summed E-state index contributed by atoms with van der Waals surface area (Å²) >= 11 is 0. The van der Waals surface area contributed by atoms with Gasteiger partial charge in [-0.25, -0.2) is 9.37 Å². The van der Waals surface area contributed by atoms with Crippen LogP contribution in [0.2, 0.25) is 0 Å². The van der Waals surface area contributed by atoms with Gasteiger partial charge in [0.15, 0.2) is 5.78 Å². The minimum atomic E-state index is -4.70. The minimum Gasteiger partial charge on any atom is -0.334 e. The van der Waals surface area contributed by atoms with Gasteiger partial charge in [-0.1, -0.05) is 12.1 Å². The number of hydrogen-bond donors (Lipinski definition) is 1. The van der Waals surface area contributed by atoms with Gasteiger partial charge in [-0.2, -0.15) is 23.7 Å². The molecule has 1 N–H and O–H groups in total. The van der Waals surface area contributed by atoms with Gasteiger partial charge in [0.2, 0.25) is 5.78 Å². The van der Waals surface area contributed by atoms with Crippen molar-refractivity contribution < 1.29 is 31.9 Å². The summed E-state index contributed by atoms with van der Waals surface area (Å²) in [7, 11) is 1.60. The monoisotopic (exact) mass is 787 g/mol. The minimum absolute atomic E-state index is 0.0172. The maximum absolute atomic E-state index is 14.5. The van der Waals surface area contributed by atoms with Crippen molar-refractivity contribution in [3.8, 4) is 23.3 Å². The lowest BCUT2D eigenvalue weighted by atomic mass is 9.98. The molecule has 10 nitrogen and oxygen atoms in total. The van der Waals surface area contributed by atoms with Crippen molar-refractivity contribution in [1.29, 1.82) is 10.5 Å². The highest BCUT2D eigenvalue weighted by molar-refractivity contribution is 6.12. The summed E-state index contributed by atoms with van der Waals surface area (Å²) in [5, 5.41) is 23.1. The first kappa shape index (κ1) is 40.8. The molecule has 0 unspecified atom stereocenters. The Morgan fingerprint density at radius 3 is 2.26 bits per heavy atom. The molecule has 0 spiro atoms. The number of nitrogens with one attached hydrogen (secondary N) is 1. The van der Waals surface area contributed by atoms with E-state index >= 15 is 0 Å². The Labute approximate surface area is 331 Å². The molecule has 6 aromatic rings. The van der Waals surface area contributed by atoms with Crippen LogP contribution >= 0.6 is 0 Å². The number of nitriles is 2. The van der Waals surface area contributed by atoms with Gasteiger partial charge in [-0.3, -0.25) is 19.3 Å². The molecule has 3 aromatic carbocycles. The first-order valence-electron chi connectivity index (χ1n) is 18.0. The molecule has 58 heavy (non-hydrogen) atoms. The molecule has 0 fully saturated rings. The summed E-state index contributed by atoms with van der Waals surface area (Å²) in [6.45, 7) is 8.53. The number of rotatable bonds is 10. The number of imidazole rings is 1. The fraction of sp³-hybridized carbons (Fsp3) is 0.227. The van der Waals surface area contributed by atoms with Gasteiger partial charge in [0.1, 0.15) is 18.0 Å². The first-order chi connectivity index (χ1) is 27.3. The number of amides is 1. The average molecular weight is 788 g/mol. The lowest BCUT2D eigenvalue weighted by Gasteiger charge is -2.25. The second-order valence-electron chi connectivity index (χ2n) is 14.9. The van der Waals surface area contributed by atoms with Crippen LogP contribution in [0.15, 0.2) is 85.3 Å². The van der Waals surface area contributed by atoms with Gasteiger partial charge in [0.05, 0.1) is 57.5 Å². The number of hydrogen-bond acceptors (Lipinski definition) is 7. The largest absolute Gasteiger partial charge is 0.417 e. The van der Waals surface area contributed by atoms with Crippen molar-refractivity contribution >= 4 is 39.7 Å². The summed E-state index contributed by atoms with van der Waals surface area (Å²) in [5.74, 6) is -2.63. The number of carbonyl (C=O) groups is 3. The van der Waals surface area contributed by atoms with Crippen LogP contribution in [0.1, 0.15) is 75.0 Å². The van der Waals surface area contributed by atoms with Crippen LogP contribution in [0.5, 0.6) is 0 Å². The number of alkyl halides is 3. The first-order valence-corrected chi connectivity index (χ1v) is 18.0. The van der Waals surface area contributed by atoms with Crippen LogP contribution in [0.3, 0.4) is 0 Å². The second-order valence-corrected chi connectivity index (χ2v) is 14.9. The van der Waals surface area contributed by atoms with Crippen LogP contribution in [-0.4, -0.2) is 50.1 Å². The molecule has 294 valence electrons. The van der Waals surface area contributed by atoms with Crippen molar-refractivity contribution in [3.63, 3.8) is 0 Å². The van der Waals surface area contributed by atoms with Gasteiger partial charge < -0.3 is 14.3 Å². The molecule has 0 aliphatic rings. The molecule has 0 saturated heterocycles. The third-order valence-electron chi connectivity index (χ3n) is 9.61. The molecule has 6 rings (SSSR count). The fourth-order valence-corrected chi connectivity index (χ4v) is 6.81. The van der Waals surface area contributed by atoms with E-state index in [-0.39, 0.29) is 61.4 Å². The average Bonchev–Trinajstić information content (AvgIpc) is 3.77. The Morgan fingerprint density at radius 2 is 1.59 bits per heavy atom. The Hall–Kier alpha value is -6.90. The number of ketones is 2. The third kappa shape index (κ3) is 8.01. The molecule has 0 aliphatic heterocycles. The zero-order valence-corrected chi connectivity index (χ0v) is 32.4. The molecule has 1 amide bonds. The molecule has 14 heteroatoms. The van der Waals surface area contributed by atoms with Gasteiger partial charge in [0, 0.05) is 48.1 Å². The number of aryl methyl sites for hydroxylation is 3. The zero-order chi connectivity index (χ0) is 42.3. The summed E-state index contributed by atoms with van der Waals surface area (Å²) < 4.78 is 60.8. The molecule has 0 atom stereocenters. The Kier molecular flexibility index (Phi) is 10.9.